The van der Waals surface area contributed by atoms with Crippen LogP contribution in [0.25, 0.3) is 6.08 Å². The van der Waals surface area contributed by atoms with Crippen molar-refractivity contribution in [2.24, 2.45) is 0 Å². The lowest BCUT2D eigenvalue weighted by molar-refractivity contribution is -0.145. The fourth-order valence-corrected chi connectivity index (χ4v) is 3.29. The molecule has 0 aromatic heterocycles. The number of hydrogen-bond donors (Lipinski definition) is 1. The maximum Gasteiger partial charge on any atom is 0.344 e. The summed E-state index contributed by atoms with van der Waals surface area (Å²) in [7, 11) is 1.43. The van der Waals surface area contributed by atoms with Gasteiger partial charge in [-0.1, -0.05) is 17.7 Å². The number of rotatable bonds is 7. The second-order valence-electron chi connectivity index (χ2n) is 6.44. The van der Waals surface area contributed by atoms with Gasteiger partial charge in [0.2, 0.25) is 0 Å². The third-order valence-corrected chi connectivity index (χ3v) is 4.87. The van der Waals surface area contributed by atoms with Crippen LogP contribution in [0.3, 0.4) is 0 Å². The van der Waals surface area contributed by atoms with Gasteiger partial charge in [0.1, 0.15) is 5.57 Å². The van der Waals surface area contributed by atoms with E-state index in [1.807, 2.05) is 0 Å². The van der Waals surface area contributed by atoms with E-state index in [0.29, 0.717) is 27.8 Å². The van der Waals surface area contributed by atoms with Gasteiger partial charge in [0, 0.05) is 5.02 Å². The number of carbonyl (C=O) groups is 3. The molecular formula is C22H19ClN2O6S. The van der Waals surface area contributed by atoms with E-state index >= 15 is 0 Å². The Labute approximate surface area is 194 Å². The molecule has 1 heterocycles. The molecule has 1 fully saturated rings. The normalized spacial score (nSPS) is 14.9. The van der Waals surface area contributed by atoms with Crippen molar-refractivity contribution in [2.45, 2.75) is 6.92 Å². The minimum atomic E-state index is -0.619. The zero-order chi connectivity index (χ0) is 23.3. The Bertz CT molecular complexity index is 1100. The van der Waals surface area contributed by atoms with E-state index in [1.54, 1.807) is 49.4 Å². The van der Waals surface area contributed by atoms with Gasteiger partial charge in [0.05, 0.1) is 19.4 Å². The molecule has 32 heavy (non-hydrogen) atoms. The van der Waals surface area contributed by atoms with E-state index in [-0.39, 0.29) is 23.9 Å². The molecule has 1 saturated heterocycles. The topological polar surface area (TPSA) is 94.2 Å². The summed E-state index contributed by atoms with van der Waals surface area (Å²) in [6.07, 6.45) is 1.42. The molecule has 2 aromatic rings. The van der Waals surface area contributed by atoms with Crippen molar-refractivity contribution in [2.75, 3.05) is 25.2 Å². The van der Waals surface area contributed by atoms with Gasteiger partial charge >= 0.3 is 5.97 Å². The zero-order valence-electron chi connectivity index (χ0n) is 17.2. The smallest absolute Gasteiger partial charge is 0.344 e. The summed E-state index contributed by atoms with van der Waals surface area (Å²) in [6, 6.07) is 11.3. The lowest BCUT2D eigenvalue weighted by atomic mass is 10.1. The second kappa shape index (κ2) is 10.3. The van der Waals surface area contributed by atoms with Gasteiger partial charge in [-0.3, -0.25) is 19.8 Å². The van der Waals surface area contributed by atoms with Gasteiger partial charge in [-0.2, -0.15) is 0 Å². The Morgan fingerprint density at radius 1 is 1.16 bits per heavy atom. The summed E-state index contributed by atoms with van der Waals surface area (Å²) in [5.74, 6) is -1.08. The molecule has 10 heteroatoms. The van der Waals surface area contributed by atoms with Crippen LogP contribution in [0.2, 0.25) is 5.02 Å². The van der Waals surface area contributed by atoms with Gasteiger partial charge in [0.25, 0.3) is 11.8 Å². The number of benzene rings is 2. The molecule has 0 spiro atoms. The number of nitrogens with one attached hydrogen (secondary N) is 1. The molecule has 3 rings (SSSR count). The number of thiocarbonyl (C=S) groups is 1. The number of ether oxygens (including phenoxy) is 3. The van der Waals surface area contributed by atoms with E-state index in [0.717, 1.165) is 0 Å². The Morgan fingerprint density at radius 3 is 2.53 bits per heavy atom. The third-order valence-electron chi connectivity index (χ3n) is 4.34. The number of nitrogens with zero attached hydrogens (tertiary/aromatic N) is 1. The average Bonchev–Trinajstić information content (AvgIpc) is 2.77. The maximum absolute atomic E-state index is 13.1. The minimum Gasteiger partial charge on any atom is -0.493 e. The van der Waals surface area contributed by atoms with Crippen LogP contribution in [0, 0.1) is 0 Å². The quantitative estimate of drug-likeness (QED) is 0.285. The number of methoxy groups -OCH3 is 1. The number of hydrogen-bond acceptors (Lipinski definition) is 7. The van der Waals surface area contributed by atoms with Crippen molar-refractivity contribution in [1.29, 1.82) is 0 Å². The Morgan fingerprint density at radius 2 is 1.88 bits per heavy atom. The van der Waals surface area contributed by atoms with E-state index in [2.05, 4.69) is 5.32 Å². The van der Waals surface area contributed by atoms with Crippen LogP contribution >= 0.6 is 23.8 Å². The van der Waals surface area contributed by atoms with E-state index in [1.165, 1.54) is 18.1 Å². The summed E-state index contributed by atoms with van der Waals surface area (Å²) < 4.78 is 15.6. The van der Waals surface area contributed by atoms with Crippen molar-refractivity contribution in [3.05, 3.63) is 58.6 Å². The summed E-state index contributed by atoms with van der Waals surface area (Å²) in [6.45, 7) is 1.67. The molecule has 0 atom stereocenters. The van der Waals surface area contributed by atoms with Crippen molar-refractivity contribution < 1.29 is 28.6 Å². The molecular weight excluding hydrogens is 456 g/mol. The first-order valence-corrected chi connectivity index (χ1v) is 10.3. The third kappa shape index (κ3) is 5.24. The molecule has 0 unspecified atom stereocenters. The largest absolute Gasteiger partial charge is 0.493 e. The van der Waals surface area contributed by atoms with E-state index in [9.17, 15) is 14.4 Å². The number of carbonyl (C=O) groups excluding carboxylic acids is 3. The molecule has 1 aliphatic rings. The highest BCUT2D eigenvalue weighted by molar-refractivity contribution is 7.80. The molecule has 0 bridgehead atoms. The number of esters is 1. The van der Waals surface area contributed by atoms with Gasteiger partial charge in [-0.25, -0.2) is 4.79 Å². The monoisotopic (exact) mass is 474 g/mol. The molecule has 2 aromatic carbocycles. The summed E-state index contributed by atoms with van der Waals surface area (Å²) >= 11 is 11.1. The molecule has 1 aliphatic heterocycles. The molecule has 0 radical (unpaired) electrons. The van der Waals surface area contributed by atoms with Gasteiger partial charge < -0.3 is 14.2 Å². The van der Waals surface area contributed by atoms with Crippen LogP contribution in [-0.4, -0.2) is 43.2 Å². The lowest BCUT2D eigenvalue weighted by Gasteiger charge is -2.29. The predicted molar refractivity (Wildman–Crippen MR) is 123 cm³/mol. The number of halogens is 1. The van der Waals surface area contributed by atoms with Crippen LogP contribution in [0.5, 0.6) is 11.5 Å². The minimum absolute atomic E-state index is 0.0280. The highest BCUT2D eigenvalue weighted by atomic mass is 35.5. The molecule has 8 nitrogen and oxygen atoms in total. The first kappa shape index (κ1) is 23.2. The number of amides is 2. The zero-order valence-corrected chi connectivity index (χ0v) is 18.8. The number of anilines is 1. The fraction of sp³-hybridized carbons (Fsp3) is 0.182. The highest BCUT2D eigenvalue weighted by Gasteiger charge is 2.34. The highest BCUT2D eigenvalue weighted by Crippen LogP contribution is 2.30. The van der Waals surface area contributed by atoms with Gasteiger partial charge in [-0.05, 0) is 67.2 Å². The fourth-order valence-electron chi connectivity index (χ4n) is 2.88. The standard InChI is InChI=1S/C22H19ClN2O6S/c1-3-30-19(26)12-31-17-9-4-13(11-18(17)29-2)10-16-20(27)24-22(32)25(21(16)28)15-7-5-14(23)6-8-15/h4-11H,3,12H2,1-2H3,(H,24,27,32)/b16-10-. The predicted octanol–water partition coefficient (Wildman–Crippen LogP) is 3.12. The first-order chi connectivity index (χ1) is 15.3. The van der Waals surface area contributed by atoms with Crippen molar-refractivity contribution >= 4 is 58.5 Å². The SMILES string of the molecule is CCOC(=O)COc1ccc(/C=C2/C(=O)NC(=S)N(c3ccc(Cl)cc3)C2=O)cc1OC. The molecule has 2 amide bonds. The summed E-state index contributed by atoms with van der Waals surface area (Å²) in [4.78, 5) is 38.3. The Hall–Kier alpha value is -3.43. The maximum atomic E-state index is 13.1. The van der Waals surface area contributed by atoms with Crippen molar-refractivity contribution in [3.8, 4) is 11.5 Å². The van der Waals surface area contributed by atoms with Crippen LogP contribution in [0.15, 0.2) is 48.0 Å². The molecule has 1 N–H and O–H groups in total. The van der Waals surface area contributed by atoms with Gasteiger partial charge in [-0.15, -0.1) is 0 Å². The second-order valence-corrected chi connectivity index (χ2v) is 7.26. The average molecular weight is 475 g/mol. The van der Waals surface area contributed by atoms with Crippen LogP contribution in [0.4, 0.5) is 5.69 Å². The summed E-state index contributed by atoms with van der Waals surface area (Å²) in [5, 5.41) is 2.99. The van der Waals surface area contributed by atoms with Crippen LogP contribution in [0.1, 0.15) is 12.5 Å². The van der Waals surface area contributed by atoms with E-state index < -0.39 is 17.8 Å². The van der Waals surface area contributed by atoms with Crippen molar-refractivity contribution in [3.63, 3.8) is 0 Å². The Balaban J connectivity index is 1.87. The Kier molecular flexibility index (Phi) is 7.45. The molecule has 0 saturated carbocycles. The molecule has 0 aliphatic carbocycles. The van der Waals surface area contributed by atoms with E-state index in [4.69, 9.17) is 38.0 Å². The first-order valence-electron chi connectivity index (χ1n) is 9.47. The summed E-state index contributed by atoms with van der Waals surface area (Å²) in [5.41, 5.74) is 0.860. The van der Waals surface area contributed by atoms with Crippen LogP contribution in [-0.2, 0) is 19.1 Å². The molecule has 166 valence electrons. The lowest BCUT2D eigenvalue weighted by Crippen LogP contribution is -2.54. The van der Waals surface area contributed by atoms with Crippen LogP contribution < -0.4 is 19.7 Å². The van der Waals surface area contributed by atoms with Gasteiger partial charge in [0.15, 0.2) is 23.2 Å². The van der Waals surface area contributed by atoms with Crippen molar-refractivity contribution in [1.82, 2.24) is 5.32 Å².